The Morgan fingerprint density at radius 1 is 1.50 bits per heavy atom. The third-order valence-electron chi connectivity index (χ3n) is 2.21. The molecular formula is C9H12Cl3FO3. The van der Waals surface area contributed by atoms with E-state index in [1.165, 1.54) is 0 Å². The van der Waals surface area contributed by atoms with Crippen LogP contribution in [0.2, 0.25) is 0 Å². The van der Waals surface area contributed by atoms with Gasteiger partial charge in [-0.25, -0.2) is 9.18 Å². The molecule has 16 heavy (non-hydrogen) atoms. The van der Waals surface area contributed by atoms with Gasteiger partial charge in [0.25, 0.3) is 4.59 Å². The highest BCUT2D eigenvalue weighted by Crippen LogP contribution is 2.54. The van der Waals surface area contributed by atoms with Crippen molar-refractivity contribution >= 4 is 41.0 Å². The summed E-state index contributed by atoms with van der Waals surface area (Å²) in [7, 11) is 0. The highest BCUT2D eigenvalue weighted by Gasteiger charge is 2.45. The van der Waals surface area contributed by atoms with Crippen molar-refractivity contribution in [2.45, 2.75) is 24.9 Å². The third-order valence-corrected chi connectivity index (χ3v) is 3.20. The lowest BCUT2D eigenvalue weighted by atomic mass is 10.1. The molecule has 0 spiro atoms. The first-order valence-corrected chi connectivity index (χ1v) is 5.46. The maximum absolute atomic E-state index is 12.8. The molecule has 1 saturated carbocycles. The molecule has 1 fully saturated rings. The Morgan fingerprint density at radius 2 is 1.81 bits per heavy atom. The zero-order valence-electron chi connectivity index (χ0n) is 8.68. The topological polar surface area (TPSA) is 57.5 Å². The Balaban J connectivity index is 0.000000487. The molecule has 7 heteroatoms. The van der Waals surface area contributed by atoms with Crippen molar-refractivity contribution in [1.82, 2.24) is 0 Å². The second kappa shape index (κ2) is 5.43. The first-order chi connectivity index (χ1) is 6.97. The van der Waals surface area contributed by atoms with E-state index in [1.807, 2.05) is 0 Å². The molecule has 0 aromatic rings. The van der Waals surface area contributed by atoms with Crippen LogP contribution in [0.25, 0.3) is 0 Å². The summed E-state index contributed by atoms with van der Waals surface area (Å²) in [5.74, 6) is 0.303. The van der Waals surface area contributed by atoms with Crippen LogP contribution in [0.5, 0.6) is 0 Å². The van der Waals surface area contributed by atoms with E-state index in [0.717, 1.165) is 6.42 Å². The van der Waals surface area contributed by atoms with E-state index in [4.69, 9.17) is 49.8 Å². The maximum atomic E-state index is 12.8. The molecule has 0 aromatic carbocycles. The summed E-state index contributed by atoms with van der Waals surface area (Å²) in [6.45, 7) is 4.17. The molecule has 0 aliphatic heterocycles. The van der Waals surface area contributed by atoms with Gasteiger partial charge in [-0.2, -0.15) is 0 Å². The van der Waals surface area contributed by atoms with Gasteiger partial charge in [0.05, 0.1) is 5.03 Å². The smallest absolute Gasteiger partial charge is 0.450 e. The molecule has 1 atom stereocenters. The Labute approximate surface area is 108 Å². The van der Waals surface area contributed by atoms with Crippen molar-refractivity contribution in [3.05, 3.63) is 11.1 Å². The summed E-state index contributed by atoms with van der Waals surface area (Å²) in [6.07, 6.45) is 0.772. The number of carbonyl (C=O) groups is 1. The van der Waals surface area contributed by atoms with Crippen LogP contribution in [0.4, 0.5) is 9.18 Å². The summed E-state index contributed by atoms with van der Waals surface area (Å²) < 4.78 is 10.3. The van der Waals surface area contributed by atoms with Crippen LogP contribution < -0.4 is 0 Å². The average Bonchev–Trinajstić information content (AvgIpc) is 2.54. The molecule has 1 aliphatic carbocycles. The predicted octanol–water partition coefficient (Wildman–Crippen LogP) is 4.48. The summed E-state index contributed by atoms with van der Waals surface area (Å²) >= 11 is 15.8. The number of allylic oxidation sites excluding steroid dienone is 2. The van der Waals surface area contributed by atoms with E-state index in [9.17, 15) is 4.39 Å². The van der Waals surface area contributed by atoms with Gasteiger partial charge in [-0.15, -0.1) is 0 Å². The van der Waals surface area contributed by atoms with Gasteiger partial charge in [0.2, 0.25) is 0 Å². The minimum atomic E-state index is -2.43. The summed E-state index contributed by atoms with van der Waals surface area (Å²) in [5, 5.41) is 13.8. The zero-order chi connectivity index (χ0) is 13.1. The zero-order valence-corrected chi connectivity index (χ0v) is 10.9. The molecular weight excluding hydrogens is 281 g/mol. The fourth-order valence-electron chi connectivity index (χ4n) is 1.06. The van der Waals surface area contributed by atoms with Gasteiger partial charge in [-0.1, -0.05) is 54.7 Å². The summed E-state index contributed by atoms with van der Waals surface area (Å²) in [4.78, 5) is 8.56. The first kappa shape index (κ1) is 15.8. The lowest BCUT2D eigenvalue weighted by molar-refractivity contribution is 0.137. The van der Waals surface area contributed by atoms with Gasteiger partial charge in [0.1, 0.15) is 0 Å². The molecule has 0 aromatic heterocycles. The van der Waals surface area contributed by atoms with Crippen LogP contribution in [0.15, 0.2) is 11.1 Å². The molecule has 94 valence electrons. The standard InChI is InChI=1S/C8H10Cl3F.CH2O3/c1-7(2)4-5(7)3-6(9)8(10,11)12;2-1(3)4/h3,5H,4H2,1-2H3;(H2,2,3,4). The van der Waals surface area contributed by atoms with Crippen LogP contribution >= 0.6 is 34.8 Å². The average molecular weight is 294 g/mol. The van der Waals surface area contributed by atoms with E-state index in [1.54, 1.807) is 6.08 Å². The van der Waals surface area contributed by atoms with Crippen LogP contribution in [0.1, 0.15) is 20.3 Å². The molecule has 0 radical (unpaired) electrons. The molecule has 3 nitrogen and oxygen atoms in total. The quantitative estimate of drug-likeness (QED) is 0.738. The van der Waals surface area contributed by atoms with E-state index in [2.05, 4.69) is 13.8 Å². The van der Waals surface area contributed by atoms with Crippen molar-refractivity contribution in [3.63, 3.8) is 0 Å². The van der Waals surface area contributed by atoms with Crippen LogP contribution in [-0.2, 0) is 0 Å². The Bertz CT molecular complexity index is 293. The number of rotatable bonds is 2. The lowest BCUT2D eigenvalue weighted by Crippen LogP contribution is -2.04. The molecule has 0 amide bonds. The van der Waals surface area contributed by atoms with Crippen molar-refractivity contribution in [2.24, 2.45) is 11.3 Å². The van der Waals surface area contributed by atoms with Crippen LogP contribution in [-0.4, -0.2) is 21.0 Å². The molecule has 1 aliphatic rings. The van der Waals surface area contributed by atoms with Gasteiger partial charge in [-0.3, -0.25) is 0 Å². The van der Waals surface area contributed by atoms with Crippen molar-refractivity contribution < 1.29 is 19.4 Å². The molecule has 0 saturated heterocycles. The van der Waals surface area contributed by atoms with E-state index >= 15 is 0 Å². The second-order valence-electron chi connectivity index (χ2n) is 4.09. The molecule has 0 heterocycles. The fourth-order valence-corrected chi connectivity index (χ4v) is 1.34. The highest BCUT2D eigenvalue weighted by atomic mass is 35.5. The van der Waals surface area contributed by atoms with Gasteiger partial charge in [0, 0.05) is 0 Å². The van der Waals surface area contributed by atoms with Crippen LogP contribution in [0, 0.1) is 11.3 Å². The van der Waals surface area contributed by atoms with E-state index in [-0.39, 0.29) is 10.4 Å². The van der Waals surface area contributed by atoms with Crippen LogP contribution in [0.3, 0.4) is 0 Å². The SMILES string of the molecule is CC1(C)CC1C=C(Cl)C(F)(Cl)Cl.O=C(O)O. The lowest BCUT2D eigenvalue weighted by Gasteiger charge is -2.07. The molecule has 2 N–H and O–H groups in total. The van der Waals surface area contributed by atoms with E-state index in [0.29, 0.717) is 5.92 Å². The summed E-state index contributed by atoms with van der Waals surface area (Å²) in [6, 6.07) is 0. The predicted molar refractivity (Wildman–Crippen MR) is 62.0 cm³/mol. The Morgan fingerprint density at radius 3 is 2.00 bits per heavy atom. The Kier molecular flexibility index (Phi) is 5.36. The van der Waals surface area contributed by atoms with Crippen molar-refractivity contribution in [2.75, 3.05) is 0 Å². The minimum Gasteiger partial charge on any atom is -0.450 e. The molecule has 0 bridgehead atoms. The van der Waals surface area contributed by atoms with Crippen molar-refractivity contribution in [3.8, 4) is 0 Å². The van der Waals surface area contributed by atoms with E-state index < -0.39 is 10.7 Å². The van der Waals surface area contributed by atoms with Gasteiger partial charge in [0.15, 0.2) is 0 Å². The summed E-state index contributed by atoms with van der Waals surface area (Å²) in [5.41, 5.74) is 0.221. The fraction of sp³-hybridized carbons (Fsp3) is 0.667. The number of alkyl halides is 3. The third kappa shape index (κ3) is 6.40. The maximum Gasteiger partial charge on any atom is 0.503 e. The molecule has 1 rings (SSSR count). The minimum absolute atomic E-state index is 0.124. The molecule has 1 unspecified atom stereocenters. The largest absolute Gasteiger partial charge is 0.503 e. The number of halogens is 4. The number of carboxylic acid groups (broad SMARTS) is 2. The van der Waals surface area contributed by atoms with Gasteiger partial charge >= 0.3 is 6.16 Å². The second-order valence-corrected chi connectivity index (χ2v) is 5.74. The van der Waals surface area contributed by atoms with Gasteiger partial charge in [-0.05, 0) is 17.8 Å². The number of hydrogen-bond acceptors (Lipinski definition) is 1. The highest BCUT2D eigenvalue weighted by molar-refractivity contribution is 6.54. The monoisotopic (exact) mass is 292 g/mol. The Hall–Kier alpha value is -0.190. The van der Waals surface area contributed by atoms with Crippen molar-refractivity contribution in [1.29, 1.82) is 0 Å². The number of hydrogen-bond donors (Lipinski definition) is 2. The van der Waals surface area contributed by atoms with Gasteiger partial charge < -0.3 is 10.2 Å². The first-order valence-electron chi connectivity index (χ1n) is 4.33. The normalized spacial score (nSPS) is 23.1.